The Balaban J connectivity index is 1.72. The first kappa shape index (κ1) is 19.7. The van der Waals surface area contributed by atoms with E-state index in [0.717, 1.165) is 30.5 Å². The Kier molecular flexibility index (Phi) is 5.93. The highest BCUT2D eigenvalue weighted by Crippen LogP contribution is 2.48. The number of hydrogen-bond donors (Lipinski definition) is 0. The lowest BCUT2D eigenvalue weighted by Gasteiger charge is -2.43. The van der Waals surface area contributed by atoms with Crippen LogP contribution in [0.5, 0.6) is 5.75 Å². The molecule has 2 aromatic rings. The first-order chi connectivity index (χ1) is 13.6. The molecule has 0 bridgehead atoms. The average molecular weight is 440 g/mol. The van der Waals surface area contributed by atoms with Gasteiger partial charge in [0.05, 0.1) is 12.6 Å². The minimum atomic E-state index is 0.360. The molecular formula is C25H30BrNO. The molecule has 1 heterocycles. The van der Waals surface area contributed by atoms with Gasteiger partial charge in [0.1, 0.15) is 5.75 Å². The van der Waals surface area contributed by atoms with Crippen molar-refractivity contribution in [2.45, 2.75) is 45.7 Å². The molecule has 2 atom stereocenters. The molecule has 1 aliphatic carbocycles. The maximum atomic E-state index is 5.77. The first-order valence-corrected chi connectivity index (χ1v) is 11.5. The van der Waals surface area contributed by atoms with Gasteiger partial charge in [-0.15, -0.1) is 0 Å². The number of hydrogen-bond acceptors (Lipinski definition) is 2. The molecule has 2 nitrogen and oxygen atoms in total. The fourth-order valence-electron chi connectivity index (χ4n) is 4.83. The van der Waals surface area contributed by atoms with E-state index in [1.54, 1.807) is 11.1 Å². The second-order valence-electron chi connectivity index (χ2n) is 8.49. The maximum absolute atomic E-state index is 5.77. The SMILES string of the molecule is CC(C)CN1[C@H](C)CC2=C(Cc3ccccc32)[C@H]1c1ccc(OCCBr)cc1. The van der Waals surface area contributed by atoms with E-state index in [9.17, 15) is 0 Å². The van der Waals surface area contributed by atoms with Crippen LogP contribution in [0.4, 0.5) is 0 Å². The van der Waals surface area contributed by atoms with Gasteiger partial charge in [0.15, 0.2) is 0 Å². The van der Waals surface area contributed by atoms with Crippen LogP contribution in [0.3, 0.4) is 0 Å². The molecule has 28 heavy (non-hydrogen) atoms. The Bertz CT molecular complexity index is 855. The normalized spacial score (nSPS) is 21.8. The minimum absolute atomic E-state index is 0.360. The molecule has 0 N–H and O–H groups in total. The highest BCUT2D eigenvalue weighted by Gasteiger charge is 2.38. The van der Waals surface area contributed by atoms with Crippen molar-refractivity contribution in [3.05, 3.63) is 70.8 Å². The molecule has 0 radical (unpaired) electrons. The van der Waals surface area contributed by atoms with Crippen LogP contribution in [0.15, 0.2) is 54.1 Å². The van der Waals surface area contributed by atoms with Gasteiger partial charge in [-0.05, 0) is 65.7 Å². The third-order valence-electron chi connectivity index (χ3n) is 5.96. The third-order valence-corrected chi connectivity index (χ3v) is 6.28. The Hall–Kier alpha value is -1.58. The summed E-state index contributed by atoms with van der Waals surface area (Å²) in [6.45, 7) is 8.88. The van der Waals surface area contributed by atoms with Crippen molar-refractivity contribution >= 4 is 21.5 Å². The number of ether oxygens (including phenoxy) is 1. The Morgan fingerprint density at radius 2 is 1.86 bits per heavy atom. The van der Waals surface area contributed by atoms with Crippen molar-refractivity contribution < 1.29 is 4.74 Å². The van der Waals surface area contributed by atoms with Gasteiger partial charge in [-0.2, -0.15) is 0 Å². The van der Waals surface area contributed by atoms with Gasteiger partial charge >= 0.3 is 0 Å². The van der Waals surface area contributed by atoms with Crippen LogP contribution in [-0.2, 0) is 6.42 Å². The number of nitrogens with zero attached hydrogens (tertiary/aromatic N) is 1. The van der Waals surface area contributed by atoms with E-state index in [2.05, 4.69) is 90.1 Å². The summed E-state index contributed by atoms with van der Waals surface area (Å²) in [7, 11) is 0. The van der Waals surface area contributed by atoms with Crippen LogP contribution in [0.1, 0.15) is 49.9 Å². The van der Waals surface area contributed by atoms with Crippen LogP contribution >= 0.6 is 15.9 Å². The Labute approximate surface area is 177 Å². The Morgan fingerprint density at radius 3 is 2.57 bits per heavy atom. The fourth-order valence-corrected chi connectivity index (χ4v) is 4.99. The van der Waals surface area contributed by atoms with Gasteiger partial charge in [-0.1, -0.05) is 66.2 Å². The van der Waals surface area contributed by atoms with Gasteiger partial charge in [-0.3, -0.25) is 4.90 Å². The molecule has 4 rings (SSSR count). The van der Waals surface area contributed by atoms with Crippen molar-refractivity contribution in [2.24, 2.45) is 5.92 Å². The molecule has 2 aromatic carbocycles. The average Bonchev–Trinajstić information content (AvgIpc) is 3.05. The summed E-state index contributed by atoms with van der Waals surface area (Å²) < 4.78 is 5.77. The quantitative estimate of drug-likeness (QED) is 0.492. The smallest absolute Gasteiger partial charge is 0.119 e. The summed E-state index contributed by atoms with van der Waals surface area (Å²) in [5.41, 5.74) is 7.56. The molecule has 0 spiro atoms. The van der Waals surface area contributed by atoms with Crippen molar-refractivity contribution in [2.75, 3.05) is 18.5 Å². The van der Waals surface area contributed by atoms with Crippen molar-refractivity contribution in [1.29, 1.82) is 0 Å². The second-order valence-corrected chi connectivity index (χ2v) is 9.28. The topological polar surface area (TPSA) is 12.5 Å². The molecule has 1 aliphatic heterocycles. The van der Waals surface area contributed by atoms with E-state index in [0.29, 0.717) is 24.6 Å². The molecule has 0 aromatic heterocycles. The van der Waals surface area contributed by atoms with Crippen LogP contribution < -0.4 is 4.74 Å². The van der Waals surface area contributed by atoms with E-state index in [1.807, 2.05) is 0 Å². The third kappa shape index (κ3) is 3.79. The number of fused-ring (bicyclic) bond motifs is 2. The summed E-state index contributed by atoms with van der Waals surface area (Å²) in [6, 6.07) is 18.7. The van der Waals surface area contributed by atoms with Crippen molar-refractivity contribution in [1.82, 2.24) is 4.90 Å². The first-order valence-electron chi connectivity index (χ1n) is 10.4. The van der Waals surface area contributed by atoms with E-state index in [-0.39, 0.29) is 0 Å². The van der Waals surface area contributed by atoms with Gasteiger partial charge in [0, 0.05) is 17.9 Å². The van der Waals surface area contributed by atoms with E-state index in [4.69, 9.17) is 4.74 Å². The maximum Gasteiger partial charge on any atom is 0.119 e. The van der Waals surface area contributed by atoms with E-state index in [1.165, 1.54) is 16.7 Å². The zero-order valence-corrected chi connectivity index (χ0v) is 18.7. The number of halogens is 1. The molecule has 0 saturated carbocycles. The molecule has 0 unspecified atom stereocenters. The number of benzene rings is 2. The molecular weight excluding hydrogens is 410 g/mol. The standard InChI is InChI=1S/C25H30BrNO/c1-17(2)16-27-18(3)14-23-22-7-5-4-6-20(22)15-24(23)25(27)19-8-10-21(11-9-19)28-13-12-26/h4-11,17-18,25H,12-16H2,1-3H3/t18-,25-/m1/s1. The van der Waals surface area contributed by atoms with Gasteiger partial charge in [-0.25, -0.2) is 0 Å². The molecule has 2 aliphatic rings. The van der Waals surface area contributed by atoms with E-state index < -0.39 is 0 Å². The zero-order chi connectivity index (χ0) is 19.7. The predicted molar refractivity (Wildman–Crippen MR) is 121 cm³/mol. The highest BCUT2D eigenvalue weighted by molar-refractivity contribution is 9.09. The summed E-state index contributed by atoms with van der Waals surface area (Å²) in [6.07, 6.45) is 2.24. The Morgan fingerprint density at radius 1 is 1.11 bits per heavy atom. The summed E-state index contributed by atoms with van der Waals surface area (Å²) in [5.74, 6) is 1.60. The van der Waals surface area contributed by atoms with Crippen molar-refractivity contribution in [3.63, 3.8) is 0 Å². The number of rotatable bonds is 6. The largest absolute Gasteiger partial charge is 0.493 e. The van der Waals surface area contributed by atoms with Crippen molar-refractivity contribution in [3.8, 4) is 5.75 Å². The second kappa shape index (κ2) is 8.42. The summed E-state index contributed by atoms with van der Waals surface area (Å²) in [4.78, 5) is 2.73. The molecule has 0 saturated heterocycles. The molecule has 0 fully saturated rings. The molecule has 148 valence electrons. The minimum Gasteiger partial charge on any atom is -0.493 e. The van der Waals surface area contributed by atoms with Crippen LogP contribution in [0.25, 0.3) is 5.57 Å². The molecule has 0 amide bonds. The van der Waals surface area contributed by atoms with Crippen LogP contribution in [-0.4, -0.2) is 29.4 Å². The van der Waals surface area contributed by atoms with Crippen LogP contribution in [0.2, 0.25) is 0 Å². The van der Waals surface area contributed by atoms with Crippen LogP contribution in [0, 0.1) is 5.92 Å². The highest BCUT2D eigenvalue weighted by atomic mass is 79.9. The zero-order valence-electron chi connectivity index (χ0n) is 17.1. The van der Waals surface area contributed by atoms with Gasteiger partial charge < -0.3 is 4.74 Å². The van der Waals surface area contributed by atoms with E-state index >= 15 is 0 Å². The lowest BCUT2D eigenvalue weighted by molar-refractivity contribution is 0.137. The molecule has 3 heteroatoms. The number of alkyl halides is 1. The summed E-state index contributed by atoms with van der Waals surface area (Å²) >= 11 is 3.43. The predicted octanol–water partition coefficient (Wildman–Crippen LogP) is 6.26. The van der Waals surface area contributed by atoms with Gasteiger partial charge in [0.25, 0.3) is 0 Å². The fraction of sp³-hybridized carbons (Fsp3) is 0.440. The lowest BCUT2D eigenvalue weighted by atomic mass is 9.84. The monoisotopic (exact) mass is 439 g/mol. The lowest BCUT2D eigenvalue weighted by Crippen LogP contribution is -2.42. The van der Waals surface area contributed by atoms with Gasteiger partial charge in [0.2, 0.25) is 0 Å². The summed E-state index contributed by atoms with van der Waals surface area (Å²) in [5, 5.41) is 0.853.